The van der Waals surface area contributed by atoms with Crippen molar-refractivity contribution in [3.63, 3.8) is 0 Å². The van der Waals surface area contributed by atoms with Gasteiger partial charge >= 0.3 is 11.9 Å². The van der Waals surface area contributed by atoms with Crippen LogP contribution in [0.15, 0.2) is 5.38 Å². The third-order valence-corrected chi connectivity index (χ3v) is 4.35. The van der Waals surface area contributed by atoms with Crippen LogP contribution < -0.4 is 5.32 Å². The van der Waals surface area contributed by atoms with Gasteiger partial charge in [0.05, 0.1) is 18.2 Å². The molecule has 1 N–H and O–H groups in total. The lowest BCUT2D eigenvalue weighted by atomic mass is 9.99. The van der Waals surface area contributed by atoms with Crippen molar-refractivity contribution in [3.8, 4) is 0 Å². The summed E-state index contributed by atoms with van der Waals surface area (Å²) in [5.41, 5.74) is -0.110. The van der Waals surface area contributed by atoms with Gasteiger partial charge in [0.15, 0.2) is 5.69 Å². The number of nitrogens with zero attached hydrogens (tertiary/aromatic N) is 1. The van der Waals surface area contributed by atoms with Crippen LogP contribution in [-0.4, -0.2) is 41.7 Å². The first kappa shape index (κ1) is 21.6. The highest BCUT2D eigenvalue weighted by molar-refractivity contribution is 7.09. The van der Waals surface area contributed by atoms with Gasteiger partial charge in [0.1, 0.15) is 5.60 Å². The Morgan fingerprint density at radius 2 is 2.00 bits per heavy atom. The molecule has 0 bridgehead atoms. The maximum atomic E-state index is 11.9. The second kappa shape index (κ2) is 9.87. The molecule has 6 nitrogen and oxygen atoms in total. The largest absolute Gasteiger partial charge is 0.461 e. The van der Waals surface area contributed by atoms with E-state index < -0.39 is 5.60 Å². The second-order valence-corrected chi connectivity index (χ2v) is 8.15. The number of thiazole rings is 1. The summed E-state index contributed by atoms with van der Waals surface area (Å²) in [6.45, 7) is 12.1. The van der Waals surface area contributed by atoms with Gasteiger partial charge in [-0.1, -0.05) is 13.8 Å². The number of hydrogen-bond donors (Lipinski definition) is 1. The van der Waals surface area contributed by atoms with Crippen molar-refractivity contribution in [1.29, 1.82) is 0 Å². The Kier molecular flexibility index (Phi) is 8.52. The first-order valence-corrected chi connectivity index (χ1v) is 9.57. The van der Waals surface area contributed by atoms with E-state index in [4.69, 9.17) is 9.47 Å². The molecular weight excluding hydrogens is 340 g/mol. The molecule has 7 heteroatoms. The van der Waals surface area contributed by atoms with Gasteiger partial charge in [-0.25, -0.2) is 9.78 Å². The molecule has 1 heterocycles. The third-order valence-electron chi connectivity index (χ3n) is 3.44. The quantitative estimate of drug-likeness (QED) is 0.673. The van der Waals surface area contributed by atoms with Crippen molar-refractivity contribution >= 4 is 23.3 Å². The zero-order valence-electron chi connectivity index (χ0n) is 16.0. The smallest absolute Gasteiger partial charge is 0.357 e. The number of aromatic nitrogens is 1. The molecule has 0 radical (unpaired) electrons. The Morgan fingerprint density at radius 3 is 2.56 bits per heavy atom. The predicted octanol–water partition coefficient (Wildman–Crippen LogP) is 3.21. The van der Waals surface area contributed by atoms with Gasteiger partial charge in [-0.3, -0.25) is 4.79 Å². The van der Waals surface area contributed by atoms with Crippen molar-refractivity contribution in [2.45, 2.75) is 66.0 Å². The summed E-state index contributed by atoms with van der Waals surface area (Å²) >= 11 is 1.46. The van der Waals surface area contributed by atoms with Gasteiger partial charge in [-0.05, 0) is 40.0 Å². The molecule has 1 aromatic heterocycles. The Labute approximate surface area is 154 Å². The molecule has 0 unspecified atom stereocenters. The Balaban J connectivity index is 2.50. The van der Waals surface area contributed by atoms with Crippen LogP contribution in [0.1, 0.15) is 63.5 Å². The standard InChI is InChI=1S/C18H30N2O4S/c1-7-23-17(22)14-11-25-15(20-14)9-8-13(12(2)3)19-10-16(21)24-18(4,5)6/h11-13,19H,7-10H2,1-6H3/t13-/m1/s1. The summed E-state index contributed by atoms with van der Waals surface area (Å²) in [4.78, 5) is 27.8. The van der Waals surface area contributed by atoms with Crippen molar-refractivity contribution in [2.24, 2.45) is 5.92 Å². The summed E-state index contributed by atoms with van der Waals surface area (Å²) in [7, 11) is 0. The van der Waals surface area contributed by atoms with E-state index in [1.807, 2.05) is 20.8 Å². The molecule has 142 valence electrons. The first-order chi connectivity index (χ1) is 11.6. The van der Waals surface area contributed by atoms with Crippen molar-refractivity contribution in [2.75, 3.05) is 13.2 Å². The van der Waals surface area contributed by atoms with E-state index in [9.17, 15) is 9.59 Å². The predicted molar refractivity (Wildman–Crippen MR) is 98.9 cm³/mol. The van der Waals surface area contributed by atoms with Gasteiger partial charge in [-0.2, -0.15) is 0 Å². The normalized spacial score (nSPS) is 12.9. The van der Waals surface area contributed by atoms with Crippen LogP contribution in [0.3, 0.4) is 0 Å². The number of carbonyl (C=O) groups is 2. The zero-order chi connectivity index (χ0) is 19.0. The molecule has 0 saturated heterocycles. The molecule has 0 aromatic carbocycles. The molecule has 0 aliphatic carbocycles. The van der Waals surface area contributed by atoms with Crippen LogP contribution >= 0.6 is 11.3 Å². The van der Waals surface area contributed by atoms with Gasteiger partial charge in [0, 0.05) is 17.8 Å². The average molecular weight is 371 g/mol. The molecule has 0 fully saturated rings. The lowest BCUT2D eigenvalue weighted by molar-refractivity contribution is -0.153. The van der Waals surface area contributed by atoms with Crippen molar-refractivity contribution in [1.82, 2.24) is 10.3 Å². The van der Waals surface area contributed by atoms with Crippen molar-refractivity contribution < 1.29 is 19.1 Å². The average Bonchev–Trinajstić information content (AvgIpc) is 2.94. The van der Waals surface area contributed by atoms with Crippen LogP contribution in [0.4, 0.5) is 0 Å². The second-order valence-electron chi connectivity index (χ2n) is 7.20. The van der Waals surface area contributed by atoms with Gasteiger partial charge in [0.2, 0.25) is 0 Å². The van der Waals surface area contributed by atoms with E-state index in [2.05, 4.69) is 24.1 Å². The minimum atomic E-state index is -0.476. The van der Waals surface area contributed by atoms with Crippen LogP contribution in [0.2, 0.25) is 0 Å². The molecule has 1 atom stereocenters. The number of rotatable bonds is 9. The SMILES string of the molecule is CCOC(=O)c1csc(CC[C@@H](NCC(=O)OC(C)(C)C)C(C)C)n1. The van der Waals surface area contributed by atoms with E-state index in [1.54, 1.807) is 12.3 Å². The molecule has 0 aliphatic rings. The number of ether oxygens (including phenoxy) is 2. The monoisotopic (exact) mass is 370 g/mol. The highest BCUT2D eigenvalue weighted by Gasteiger charge is 2.20. The molecule has 1 aromatic rings. The van der Waals surface area contributed by atoms with Crippen molar-refractivity contribution in [3.05, 3.63) is 16.1 Å². The van der Waals surface area contributed by atoms with E-state index in [-0.39, 0.29) is 24.5 Å². The van der Waals surface area contributed by atoms with E-state index in [0.29, 0.717) is 18.2 Å². The highest BCUT2D eigenvalue weighted by atomic mass is 32.1. The minimum Gasteiger partial charge on any atom is -0.461 e. The Bertz CT molecular complexity index is 564. The number of esters is 2. The van der Waals surface area contributed by atoms with Crippen LogP contribution in [0.25, 0.3) is 0 Å². The topological polar surface area (TPSA) is 77.5 Å². The zero-order valence-corrected chi connectivity index (χ0v) is 16.9. The summed E-state index contributed by atoms with van der Waals surface area (Å²) < 4.78 is 10.3. The number of carbonyl (C=O) groups excluding carboxylic acids is 2. The first-order valence-electron chi connectivity index (χ1n) is 8.69. The van der Waals surface area contributed by atoms with Crippen LogP contribution in [0, 0.1) is 5.92 Å². The lowest BCUT2D eigenvalue weighted by Gasteiger charge is -2.24. The van der Waals surface area contributed by atoms with Crippen LogP contribution in [0.5, 0.6) is 0 Å². The minimum absolute atomic E-state index is 0.169. The van der Waals surface area contributed by atoms with Gasteiger partial charge in [-0.15, -0.1) is 11.3 Å². The molecule has 0 saturated carbocycles. The van der Waals surface area contributed by atoms with Gasteiger partial charge in [0.25, 0.3) is 0 Å². The fraction of sp³-hybridized carbons (Fsp3) is 0.722. The summed E-state index contributed by atoms with van der Waals surface area (Å²) in [6.07, 6.45) is 1.57. The maximum Gasteiger partial charge on any atom is 0.357 e. The molecule has 1 rings (SSSR count). The molecule has 0 spiro atoms. The summed E-state index contributed by atoms with van der Waals surface area (Å²) in [5.74, 6) is -0.266. The lowest BCUT2D eigenvalue weighted by Crippen LogP contribution is -2.40. The molecule has 0 amide bonds. The Hall–Kier alpha value is -1.47. The fourth-order valence-corrected chi connectivity index (χ4v) is 3.05. The van der Waals surface area contributed by atoms with Crippen LogP contribution in [-0.2, 0) is 20.7 Å². The number of aryl methyl sites for hydroxylation is 1. The third kappa shape index (κ3) is 8.45. The number of nitrogens with one attached hydrogen (secondary N) is 1. The highest BCUT2D eigenvalue weighted by Crippen LogP contribution is 2.16. The maximum absolute atomic E-state index is 11.9. The van der Waals surface area contributed by atoms with E-state index in [1.165, 1.54) is 11.3 Å². The van der Waals surface area contributed by atoms with E-state index >= 15 is 0 Å². The number of hydrogen-bond acceptors (Lipinski definition) is 7. The fourth-order valence-electron chi connectivity index (χ4n) is 2.27. The van der Waals surface area contributed by atoms with Gasteiger partial charge < -0.3 is 14.8 Å². The summed E-state index contributed by atoms with van der Waals surface area (Å²) in [5, 5.41) is 5.90. The Morgan fingerprint density at radius 1 is 1.32 bits per heavy atom. The molecular formula is C18H30N2O4S. The molecule has 25 heavy (non-hydrogen) atoms. The summed E-state index contributed by atoms with van der Waals surface area (Å²) in [6, 6.07) is 0.169. The molecule has 0 aliphatic heterocycles. The van der Waals surface area contributed by atoms with E-state index in [0.717, 1.165) is 17.8 Å².